The van der Waals surface area contributed by atoms with E-state index in [0.29, 0.717) is 19.0 Å². The molecule has 0 saturated heterocycles. The average Bonchev–Trinajstić information content (AvgIpc) is 2.98. The van der Waals surface area contributed by atoms with E-state index in [-0.39, 0.29) is 17.9 Å². The molecule has 5 nitrogen and oxygen atoms in total. The van der Waals surface area contributed by atoms with E-state index in [4.69, 9.17) is 5.11 Å². The summed E-state index contributed by atoms with van der Waals surface area (Å²) in [7, 11) is 0. The van der Waals surface area contributed by atoms with Crippen LogP contribution >= 0.6 is 0 Å². The zero-order valence-electron chi connectivity index (χ0n) is 10.6. The molecule has 0 bridgehead atoms. The smallest absolute Gasteiger partial charge is 0.315 e. The van der Waals surface area contributed by atoms with E-state index in [2.05, 4.69) is 10.6 Å². The summed E-state index contributed by atoms with van der Waals surface area (Å²) >= 11 is 0. The summed E-state index contributed by atoms with van der Waals surface area (Å²) in [5, 5.41) is 14.3. The van der Waals surface area contributed by atoms with Gasteiger partial charge in [-0.15, -0.1) is 0 Å². The van der Waals surface area contributed by atoms with Crippen molar-refractivity contribution in [2.24, 2.45) is 5.41 Å². The molecule has 98 valence electrons. The van der Waals surface area contributed by atoms with Crippen LogP contribution in [0.25, 0.3) is 0 Å². The number of aliphatic carboxylic acids is 1. The highest BCUT2D eigenvalue weighted by atomic mass is 16.4. The van der Waals surface area contributed by atoms with Gasteiger partial charge in [0, 0.05) is 19.0 Å². The predicted molar refractivity (Wildman–Crippen MR) is 64.8 cm³/mol. The zero-order chi connectivity index (χ0) is 12.9. The summed E-state index contributed by atoms with van der Waals surface area (Å²) < 4.78 is 0. The minimum absolute atomic E-state index is 0.0503. The van der Waals surface area contributed by atoms with Gasteiger partial charge in [-0.2, -0.15) is 0 Å². The van der Waals surface area contributed by atoms with Crippen LogP contribution in [0, 0.1) is 5.41 Å². The molecule has 3 N–H and O–H groups in total. The predicted octanol–water partition coefficient (Wildman–Crippen LogP) is 1.73. The lowest BCUT2D eigenvalue weighted by molar-refractivity contribution is -0.137. The lowest BCUT2D eigenvalue weighted by Gasteiger charge is -2.23. The molecule has 1 saturated carbocycles. The summed E-state index contributed by atoms with van der Waals surface area (Å²) in [6.07, 6.45) is 3.77. The van der Waals surface area contributed by atoms with E-state index in [1.807, 2.05) is 13.8 Å². The Morgan fingerprint density at radius 2 is 1.94 bits per heavy atom. The van der Waals surface area contributed by atoms with Gasteiger partial charge in [-0.25, -0.2) is 4.79 Å². The standard InChI is InChI=1S/C12H22N2O3/c1-12(2,6-5-10(15)16)7-8-13-11(17)14-9-3-4-9/h9H,3-8H2,1-2H3,(H,15,16)(H2,13,14,17). The third kappa shape index (κ3) is 6.81. The van der Waals surface area contributed by atoms with E-state index < -0.39 is 5.97 Å². The molecule has 17 heavy (non-hydrogen) atoms. The summed E-state index contributed by atoms with van der Waals surface area (Å²) in [5.74, 6) is -0.766. The van der Waals surface area contributed by atoms with Crippen LogP contribution in [0.15, 0.2) is 0 Å². The third-order valence-corrected chi connectivity index (χ3v) is 3.02. The van der Waals surface area contributed by atoms with E-state index >= 15 is 0 Å². The summed E-state index contributed by atoms with van der Waals surface area (Å²) in [6.45, 7) is 4.64. The van der Waals surface area contributed by atoms with Crippen LogP contribution in [0.1, 0.15) is 46.0 Å². The Bertz CT molecular complexity index is 285. The molecule has 0 radical (unpaired) electrons. The molecule has 1 rings (SSSR count). The second-order valence-corrected chi connectivity index (χ2v) is 5.48. The fraction of sp³-hybridized carbons (Fsp3) is 0.833. The molecular weight excluding hydrogens is 220 g/mol. The highest BCUT2D eigenvalue weighted by Crippen LogP contribution is 2.26. The first-order chi connectivity index (χ1) is 7.89. The molecule has 2 amide bonds. The number of nitrogens with one attached hydrogen (secondary N) is 2. The van der Waals surface area contributed by atoms with E-state index in [1.165, 1.54) is 0 Å². The van der Waals surface area contributed by atoms with Crippen molar-refractivity contribution in [3.63, 3.8) is 0 Å². The van der Waals surface area contributed by atoms with Crippen molar-refractivity contribution in [3.05, 3.63) is 0 Å². The minimum atomic E-state index is -0.766. The van der Waals surface area contributed by atoms with Crippen LogP contribution in [-0.4, -0.2) is 29.7 Å². The van der Waals surface area contributed by atoms with Gasteiger partial charge in [0.1, 0.15) is 0 Å². The minimum Gasteiger partial charge on any atom is -0.481 e. The molecule has 0 aliphatic heterocycles. The van der Waals surface area contributed by atoms with Crippen molar-refractivity contribution in [2.45, 2.75) is 52.0 Å². The molecule has 5 heteroatoms. The number of carbonyl (C=O) groups is 2. The topological polar surface area (TPSA) is 78.4 Å². The normalized spacial score (nSPS) is 15.4. The van der Waals surface area contributed by atoms with Gasteiger partial charge in [-0.1, -0.05) is 13.8 Å². The van der Waals surface area contributed by atoms with Crippen LogP contribution in [0.3, 0.4) is 0 Å². The number of hydrogen-bond acceptors (Lipinski definition) is 2. The van der Waals surface area contributed by atoms with Gasteiger partial charge in [0.15, 0.2) is 0 Å². The van der Waals surface area contributed by atoms with Gasteiger partial charge < -0.3 is 15.7 Å². The molecule has 0 heterocycles. The Kier molecular flexibility index (Phi) is 4.78. The zero-order valence-corrected chi connectivity index (χ0v) is 10.6. The Hall–Kier alpha value is -1.26. The number of urea groups is 1. The average molecular weight is 242 g/mol. The van der Waals surface area contributed by atoms with Crippen LogP contribution in [0.4, 0.5) is 4.79 Å². The van der Waals surface area contributed by atoms with Crippen molar-refractivity contribution in [1.29, 1.82) is 0 Å². The number of carboxylic acid groups (broad SMARTS) is 1. The molecule has 0 atom stereocenters. The first kappa shape index (κ1) is 13.8. The molecule has 0 aromatic heterocycles. The molecule has 1 aliphatic rings. The highest BCUT2D eigenvalue weighted by Gasteiger charge is 2.23. The monoisotopic (exact) mass is 242 g/mol. The fourth-order valence-electron chi connectivity index (χ4n) is 1.55. The number of hydrogen-bond donors (Lipinski definition) is 3. The van der Waals surface area contributed by atoms with Gasteiger partial charge >= 0.3 is 12.0 Å². The van der Waals surface area contributed by atoms with Gasteiger partial charge in [0.05, 0.1) is 0 Å². The summed E-state index contributed by atoms with van der Waals surface area (Å²) in [5.41, 5.74) is -0.0503. The fourth-order valence-corrected chi connectivity index (χ4v) is 1.55. The van der Waals surface area contributed by atoms with Crippen LogP contribution in [0.5, 0.6) is 0 Å². The molecule has 0 unspecified atom stereocenters. The SMILES string of the molecule is CC(C)(CCNC(=O)NC1CC1)CCC(=O)O. The molecular formula is C12H22N2O3. The second-order valence-electron chi connectivity index (χ2n) is 5.48. The van der Waals surface area contributed by atoms with Gasteiger partial charge in [0.2, 0.25) is 0 Å². The quantitative estimate of drug-likeness (QED) is 0.636. The maximum atomic E-state index is 11.3. The second kappa shape index (κ2) is 5.89. The molecule has 0 spiro atoms. The molecule has 1 aliphatic carbocycles. The first-order valence-electron chi connectivity index (χ1n) is 6.15. The molecule has 0 aromatic rings. The number of amides is 2. The Morgan fingerprint density at radius 1 is 1.29 bits per heavy atom. The van der Waals surface area contributed by atoms with Gasteiger partial charge in [-0.05, 0) is 31.1 Å². The maximum absolute atomic E-state index is 11.3. The lowest BCUT2D eigenvalue weighted by atomic mass is 9.84. The van der Waals surface area contributed by atoms with Gasteiger partial charge in [-0.3, -0.25) is 4.79 Å². The van der Waals surface area contributed by atoms with E-state index in [1.54, 1.807) is 0 Å². The van der Waals surface area contributed by atoms with Crippen LogP contribution in [0.2, 0.25) is 0 Å². The first-order valence-corrected chi connectivity index (χ1v) is 6.15. The summed E-state index contributed by atoms with van der Waals surface area (Å²) in [6, 6.07) is 0.261. The molecule has 0 aromatic carbocycles. The van der Waals surface area contributed by atoms with Crippen molar-refractivity contribution in [3.8, 4) is 0 Å². The van der Waals surface area contributed by atoms with E-state index in [0.717, 1.165) is 19.3 Å². The van der Waals surface area contributed by atoms with Crippen molar-refractivity contribution < 1.29 is 14.7 Å². The Morgan fingerprint density at radius 3 is 2.47 bits per heavy atom. The van der Waals surface area contributed by atoms with Crippen LogP contribution < -0.4 is 10.6 Å². The Labute approximate surface area is 102 Å². The van der Waals surface area contributed by atoms with Crippen LogP contribution in [-0.2, 0) is 4.79 Å². The summed E-state index contributed by atoms with van der Waals surface area (Å²) in [4.78, 5) is 21.8. The number of carboxylic acids is 1. The number of rotatable bonds is 7. The van der Waals surface area contributed by atoms with Crippen molar-refractivity contribution in [2.75, 3.05) is 6.54 Å². The van der Waals surface area contributed by atoms with Gasteiger partial charge in [0.25, 0.3) is 0 Å². The third-order valence-electron chi connectivity index (χ3n) is 3.02. The van der Waals surface area contributed by atoms with Crippen molar-refractivity contribution >= 4 is 12.0 Å². The number of carbonyl (C=O) groups excluding carboxylic acids is 1. The maximum Gasteiger partial charge on any atom is 0.315 e. The largest absolute Gasteiger partial charge is 0.481 e. The molecule has 1 fully saturated rings. The van der Waals surface area contributed by atoms with Crippen molar-refractivity contribution in [1.82, 2.24) is 10.6 Å². The van der Waals surface area contributed by atoms with E-state index in [9.17, 15) is 9.59 Å². The Balaban J connectivity index is 2.10. The lowest BCUT2D eigenvalue weighted by Crippen LogP contribution is -2.38. The highest BCUT2D eigenvalue weighted by molar-refractivity contribution is 5.74.